The van der Waals surface area contributed by atoms with Crippen molar-refractivity contribution >= 4 is 11.6 Å². The molecule has 100 valence electrons. The summed E-state index contributed by atoms with van der Waals surface area (Å²) in [4.78, 5) is 13.9. The Balaban J connectivity index is 3.07. The maximum atomic E-state index is 13.5. The molecule has 0 saturated heterocycles. The van der Waals surface area contributed by atoms with E-state index in [1.807, 2.05) is 13.8 Å². The zero-order valence-corrected chi connectivity index (χ0v) is 11.0. The molecule has 4 nitrogen and oxygen atoms in total. The molecule has 18 heavy (non-hydrogen) atoms. The standard InChI is InChI=1S/C13H20FN3O/c1-4-9(5-2)17(3)13(18)10-7-6-8-11(14)12(10)16-15/h6-9,16H,4-5,15H2,1-3H3. The van der Waals surface area contributed by atoms with Crippen molar-refractivity contribution in [3.05, 3.63) is 29.6 Å². The number of amides is 1. The second kappa shape index (κ2) is 6.35. The third-order valence-corrected chi connectivity index (χ3v) is 3.20. The summed E-state index contributed by atoms with van der Waals surface area (Å²) < 4.78 is 13.5. The van der Waals surface area contributed by atoms with Gasteiger partial charge in [0.1, 0.15) is 5.82 Å². The predicted octanol–water partition coefficient (Wildman–Crippen LogP) is 2.37. The van der Waals surface area contributed by atoms with Crippen molar-refractivity contribution in [1.29, 1.82) is 0 Å². The summed E-state index contributed by atoms with van der Waals surface area (Å²) in [5.41, 5.74) is 2.55. The summed E-state index contributed by atoms with van der Waals surface area (Å²) in [6.45, 7) is 4.04. The molecule has 0 aromatic heterocycles. The smallest absolute Gasteiger partial charge is 0.256 e. The molecular formula is C13H20FN3O. The number of nitrogens with one attached hydrogen (secondary N) is 1. The van der Waals surface area contributed by atoms with Crippen LogP contribution < -0.4 is 11.3 Å². The molecular weight excluding hydrogens is 233 g/mol. The Kier molecular flexibility index (Phi) is 5.09. The van der Waals surface area contributed by atoms with Crippen LogP contribution in [-0.2, 0) is 0 Å². The lowest BCUT2D eigenvalue weighted by Crippen LogP contribution is -2.36. The Bertz CT molecular complexity index is 419. The fourth-order valence-electron chi connectivity index (χ4n) is 2.04. The van der Waals surface area contributed by atoms with Gasteiger partial charge in [0, 0.05) is 13.1 Å². The Morgan fingerprint density at radius 2 is 2.06 bits per heavy atom. The van der Waals surface area contributed by atoms with Crippen molar-refractivity contribution in [3.8, 4) is 0 Å². The van der Waals surface area contributed by atoms with Gasteiger partial charge in [-0.05, 0) is 25.0 Å². The summed E-state index contributed by atoms with van der Waals surface area (Å²) in [5.74, 6) is 4.52. The molecule has 0 fully saturated rings. The summed E-state index contributed by atoms with van der Waals surface area (Å²) in [6, 6.07) is 4.48. The van der Waals surface area contributed by atoms with Gasteiger partial charge in [0.2, 0.25) is 0 Å². The number of hydrogen-bond acceptors (Lipinski definition) is 3. The van der Waals surface area contributed by atoms with Gasteiger partial charge in [0.15, 0.2) is 0 Å². The molecule has 0 saturated carbocycles. The van der Waals surface area contributed by atoms with Crippen LogP contribution in [0, 0.1) is 5.82 Å². The Morgan fingerprint density at radius 3 is 2.56 bits per heavy atom. The number of anilines is 1. The molecule has 0 radical (unpaired) electrons. The van der Waals surface area contributed by atoms with Crippen molar-refractivity contribution < 1.29 is 9.18 Å². The van der Waals surface area contributed by atoms with Crippen LogP contribution in [0.3, 0.4) is 0 Å². The molecule has 1 aromatic carbocycles. The highest BCUT2D eigenvalue weighted by molar-refractivity contribution is 5.99. The first kappa shape index (κ1) is 14.4. The van der Waals surface area contributed by atoms with E-state index < -0.39 is 5.82 Å². The number of carbonyl (C=O) groups is 1. The zero-order valence-electron chi connectivity index (χ0n) is 11.0. The average Bonchev–Trinajstić information content (AvgIpc) is 2.38. The molecule has 1 aromatic rings. The number of hydrogen-bond donors (Lipinski definition) is 2. The fraction of sp³-hybridized carbons (Fsp3) is 0.462. The molecule has 1 rings (SSSR count). The van der Waals surface area contributed by atoms with Crippen LogP contribution in [0.25, 0.3) is 0 Å². The number of nitrogens with zero attached hydrogens (tertiary/aromatic N) is 1. The number of benzene rings is 1. The number of nitrogens with two attached hydrogens (primary N) is 1. The van der Waals surface area contributed by atoms with Crippen LogP contribution in [0.2, 0.25) is 0 Å². The largest absolute Gasteiger partial charge is 0.339 e. The van der Waals surface area contributed by atoms with Crippen LogP contribution in [0.5, 0.6) is 0 Å². The van der Waals surface area contributed by atoms with Gasteiger partial charge in [-0.3, -0.25) is 10.6 Å². The van der Waals surface area contributed by atoms with Gasteiger partial charge < -0.3 is 10.3 Å². The van der Waals surface area contributed by atoms with E-state index in [2.05, 4.69) is 5.43 Å². The van der Waals surface area contributed by atoms with Gasteiger partial charge in [-0.15, -0.1) is 0 Å². The lowest BCUT2D eigenvalue weighted by molar-refractivity contribution is 0.0724. The van der Waals surface area contributed by atoms with Gasteiger partial charge in [-0.2, -0.15) is 0 Å². The van der Waals surface area contributed by atoms with E-state index in [1.54, 1.807) is 18.0 Å². The van der Waals surface area contributed by atoms with Gasteiger partial charge in [0.25, 0.3) is 5.91 Å². The SMILES string of the molecule is CCC(CC)N(C)C(=O)c1cccc(F)c1NN. The van der Waals surface area contributed by atoms with Gasteiger partial charge >= 0.3 is 0 Å². The summed E-state index contributed by atoms with van der Waals surface area (Å²) >= 11 is 0. The maximum absolute atomic E-state index is 13.5. The third-order valence-electron chi connectivity index (χ3n) is 3.20. The highest BCUT2D eigenvalue weighted by Gasteiger charge is 2.22. The van der Waals surface area contributed by atoms with Crippen molar-refractivity contribution in [2.75, 3.05) is 12.5 Å². The lowest BCUT2D eigenvalue weighted by Gasteiger charge is -2.27. The minimum Gasteiger partial charge on any atom is -0.339 e. The van der Waals surface area contributed by atoms with E-state index >= 15 is 0 Å². The lowest BCUT2D eigenvalue weighted by atomic mass is 10.1. The number of para-hydroxylation sites is 1. The van der Waals surface area contributed by atoms with E-state index in [4.69, 9.17) is 5.84 Å². The monoisotopic (exact) mass is 253 g/mol. The fourth-order valence-corrected chi connectivity index (χ4v) is 2.04. The van der Waals surface area contributed by atoms with E-state index in [0.717, 1.165) is 12.8 Å². The van der Waals surface area contributed by atoms with Crippen LogP contribution in [-0.4, -0.2) is 23.9 Å². The second-order valence-electron chi connectivity index (χ2n) is 4.19. The molecule has 1 amide bonds. The quantitative estimate of drug-likeness (QED) is 0.625. The molecule has 0 aliphatic rings. The highest BCUT2D eigenvalue weighted by Crippen LogP contribution is 2.21. The molecule has 0 heterocycles. The number of rotatable bonds is 5. The van der Waals surface area contributed by atoms with E-state index in [1.165, 1.54) is 12.1 Å². The summed E-state index contributed by atoms with van der Waals surface area (Å²) in [5, 5.41) is 0. The molecule has 0 spiro atoms. The first-order valence-electron chi connectivity index (χ1n) is 6.09. The molecule has 3 N–H and O–H groups in total. The van der Waals surface area contributed by atoms with Gasteiger partial charge in [-0.25, -0.2) is 4.39 Å². The summed E-state index contributed by atoms with van der Waals surface area (Å²) in [6.07, 6.45) is 1.72. The van der Waals surface area contributed by atoms with Crippen molar-refractivity contribution in [1.82, 2.24) is 4.90 Å². The van der Waals surface area contributed by atoms with E-state index in [0.29, 0.717) is 0 Å². The molecule has 0 aliphatic heterocycles. The number of hydrazine groups is 1. The number of carbonyl (C=O) groups excluding carboxylic acids is 1. The number of nitrogen functional groups attached to an aromatic ring is 1. The Labute approximate surface area is 107 Å². The van der Waals surface area contributed by atoms with Crippen LogP contribution >= 0.6 is 0 Å². The second-order valence-corrected chi connectivity index (χ2v) is 4.19. The van der Waals surface area contributed by atoms with Crippen LogP contribution in [0.1, 0.15) is 37.0 Å². The number of halogens is 1. The minimum atomic E-state index is -0.527. The van der Waals surface area contributed by atoms with Crippen LogP contribution in [0.4, 0.5) is 10.1 Å². The van der Waals surface area contributed by atoms with E-state index in [-0.39, 0.29) is 23.2 Å². The molecule has 0 bridgehead atoms. The van der Waals surface area contributed by atoms with Gasteiger partial charge in [-0.1, -0.05) is 19.9 Å². The normalized spacial score (nSPS) is 10.6. The Morgan fingerprint density at radius 1 is 1.44 bits per heavy atom. The molecule has 5 heteroatoms. The highest BCUT2D eigenvalue weighted by atomic mass is 19.1. The van der Waals surface area contributed by atoms with Crippen molar-refractivity contribution in [3.63, 3.8) is 0 Å². The maximum Gasteiger partial charge on any atom is 0.256 e. The average molecular weight is 253 g/mol. The molecule has 0 aliphatic carbocycles. The van der Waals surface area contributed by atoms with Crippen molar-refractivity contribution in [2.45, 2.75) is 32.7 Å². The summed E-state index contributed by atoms with van der Waals surface area (Å²) in [7, 11) is 1.73. The topological polar surface area (TPSA) is 58.4 Å². The van der Waals surface area contributed by atoms with E-state index in [9.17, 15) is 9.18 Å². The first-order chi connectivity index (χ1) is 8.56. The minimum absolute atomic E-state index is 0.0420. The Hall–Kier alpha value is -1.62. The first-order valence-corrected chi connectivity index (χ1v) is 6.09. The third kappa shape index (κ3) is 2.79. The van der Waals surface area contributed by atoms with Gasteiger partial charge in [0.05, 0.1) is 11.3 Å². The molecule has 0 atom stereocenters. The van der Waals surface area contributed by atoms with Crippen molar-refractivity contribution in [2.24, 2.45) is 5.84 Å². The predicted molar refractivity (Wildman–Crippen MR) is 70.7 cm³/mol. The zero-order chi connectivity index (χ0) is 13.7. The molecule has 0 unspecified atom stereocenters. The van der Waals surface area contributed by atoms with Crippen LogP contribution in [0.15, 0.2) is 18.2 Å².